The smallest absolute Gasteiger partial charge is 0.480 e. The number of hydrogen-bond donors (Lipinski definition) is 4. The molecule has 2 rings (SSSR count). The van der Waals surface area contributed by atoms with Crippen molar-refractivity contribution in [3.63, 3.8) is 0 Å². The molecule has 0 spiro atoms. The number of carboxylic acid groups (broad SMARTS) is 2. The Labute approximate surface area is 123 Å². The Kier molecular flexibility index (Phi) is 7.00. The molecule has 7 heteroatoms. The van der Waals surface area contributed by atoms with E-state index in [1.807, 2.05) is 0 Å². The van der Waals surface area contributed by atoms with Crippen molar-refractivity contribution in [1.82, 2.24) is 0 Å². The summed E-state index contributed by atoms with van der Waals surface area (Å²) in [6.07, 6.45) is 6.41. The van der Waals surface area contributed by atoms with Crippen LogP contribution >= 0.6 is 0 Å². The molecule has 6 N–H and O–H groups in total. The number of hydrogen-bond acceptors (Lipinski definition) is 4. The van der Waals surface area contributed by atoms with Gasteiger partial charge in [-0.3, -0.25) is 9.59 Å². The minimum absolute atomic E-state index is 0. The number of nitrogens with two attached hydrogens (primary N) is 2. The maximum absolute atomic E-state index is 10.4. The molecule has 0 saturated heterocycles. The van der Waals surface area contributed by atoms with Crippen LogP contribution < -0.4 is 11.5 Å². The summed E-state index contributed by atoms with van der Waals surface area (Å²) in [4.78, 5) is 20.8. The van der Waals surface area contributed by atoms with Crippen LogP contribution in [0.4, 0.5) is 0 Å². The predicted molar refractivity (Wildman–Crippen MR) is 66.0 cm³/mol. The fourth-order valence-corrected chi connectivity index (χ4v) is 2.44. The van der Waals surface area contributed by atoms with Gasteiger partial charge < -0.3 is 21.7 Å². The van der Waals surface area contributed by atoms with Crippen LogP contribution in [0.1, 0.15) is 51.4 Å². The fraction of sp³-hybridized carbons (Fsp3) is 0.833. The molecule has 0 bridgehead atoms. The quantitative estimate of drug-likeness (QED) is 0.554. The van der Waals surface area contributed by atoms with Crippen molar-refractivity contribution >= 4 is 11.9 Å². The number of rotatable bonds is 2. The van der Waals surface area contributed by atoms with Gasteiger partial charge in [0, 0.05) is 0 Å². The van der Waals surface area contributed by atoms with Crippen LogP contribution in [0.2, 0.25) is 0 Å². The van der Waals surface area contributed by atoms with E-state index in [9.17, 15) is 9.59 Å². The molecule has 0 heterocycles. The number of carbonyl (C=O) groups is 2. The molecule has 0 aromatic carbocycles. The van der Waals surface area contributed by atoms with Crippen molar-refractivity contribution in [2.24, 2.45) is 11.5 Å². The second-order valence-electron chi connectivity index (χ2n) is 5.34. The summed E-state index contributed by atoms with van der Waals surface area (Å²) < 4.78 is 0. The molecule has 0 unspecified atom stereocenters. The first-order chi connectivity index (χ1) is 8.30. The second kappa shape index (κ2) is 7.24. The first-order valence-electron chi connectivity index (χ1n) is 6.35. The third-order valence-electron chi connectivity index (χ3n) is 3.84. The monoisotopic (exact) mass is 321 g/mol. The van der Waals surface area contributed by atoms with Crippen LogP contribution in [0, 0.1) is 0 Å². The Balaban J connectivity index is 0.000000324. The van der Waals surface area contributed by atoms with Gasteiger partial charge >= 0.3 is 29.0 Å². The Morgan fingerprint density at radius 3 is 1.05 bits per heavy atom. The van der Waals surface area contributed by atoms with Gasteiger partial charge in [0.1, 0.15) is 11.1 Å². The Hall–Kier alpha value is -0.621. The zero-order chi connectivity index (χ0) is 13.8. The van der Waals surface area contributed by atoms with Crippen LogP contribution in [0.3, 0.4) is 0 Å². The summed E-state index contributed by atoms with van der Waals surface area (Å²) in [7, 11) is 0. The van der Waals surface area contributed by atoms with Gasteiger partial charge in [0.05, 0.1) is 0 Å². The number of carboxylic acids is 2. The summed E-state index contributed by atoms with van der Waals surface area (Å²) in [5, 5.41) is 17.1. The maximum Gasteiger partial charge on any atom is 2.00 e. The van der Waals surface area contributed by atoms with Crippen LogP contribution in [0.25, 0.3) is 0 Å². The standard InChI is InChI=1S/2C6H11NO2.Cu/c2*7-6(5(8)9)3-1-2-4-6;/h2*1-4,7H2,(H,8,9);/q;;+2. The molecule has 113 valence electrons. The third kappa shape index (κ3) is 4.76. The van der Waals surface area contributed by atoms with Crippen molar-refractivity contribution in [3.8, 4) is 0 Å². The minimum atomic E-state index is -0.889. The van der Waals surface area contributed by atoms with Gasteiger partial charge in [0.2, 0.25) is 0 Å². The molecule has 2 saturated carbocycles. The van der Waals surface area contributed by atoms with Gasteiger partial charge in [-0.2, -0.15) is 0 Å². The van der Waals surface area contributed by atoms with E-state index in [1.165, 1.54) is 0 Å². The van der Waals surface area contributed by atoms with Gasteiger partial charge in [0.25, 0.3) is 0 Å². The Morgan fingerprint density at radius 2 is 0.947 bits per heavy atom. The van der Waals surface area contributed by atoms with E-state index in [4.69, 9.17) is 21.7 Å². The van der Waals surface area contributed by atoms with Crippen LogP contribution in [0.5, 0.6) is 0 Å². The Morgan fingerprint density at radius 1 is 0.737 bits per heavy atom. The third-order valence-corrected chi connectivity index (χ3v) is 3.84. The van der Waals surface area contributed by atoms with Crippen LogP contribution in [-0.2, 0) is 26.7 Å². The van der Waals surface area contributed by atoms with Gasteiger partial charge in [-0.25, -0.2) is 0 Å². The molecule has 2 fully saturated rings. The van der Waals surface area contributed by atoms with Crippen molar-refractivity contribution in [2.75, 3.05) is 0 Å². The average molecular weight is 322 g/mol. The molecule has 1 radical (unpaired) electrons. The minimum Gasteiger partial charge on any atom is -0.480 e. The van der Waals surface area contributed by atoms with E-state index in [1.54, 1.807) is 0 Å². The number of aliphatic carboxylic acids is 2. The largest absolute Gasteiger partial charge is 2.00 e. The van der Waals surface area contributed by atoms with E-state index in [-0.39, 0.29) is 17.1 Å². The zero-order valence-electron chi connectivity index (χ0n) is 10.8. The van der Waals surface area contributed by atoms with Gasteiger partial charge in [-0.1, -0.05) is 25.7 Å². The van der Waals surface area contributed by atoms with Gasteiger partial charge in [0.15, 0.2) is 0 Å². The predicted octanol–water partition coefficient (Wildman–Crippen LogP) is 0.682. The van der Waals surface area contributed by atoms with E-state index >= 15 is 0 Å². The summed E-state index contributed by atoms with van der Waals surface area (Å²) in [6, 6.07) is 0. The first kappa shape index (κ1) is 18.4. The molecule has 6 nitrogen and oxygen atoms in total. The molecule has 0 aromatic rings. The second-order valence-corrected chi connectivity index (χ2v) is 5.34. The maximum atomic E-state index is 10.4. The van der Waals surface area contributed by atoms with Crippen LogP contribution in [0.15, 0.2) is 0 Å². The fourth-order valence-electron chi connectivity index (χ4n) is 2.44. The molecular formula is C12H22CuN2O4+2. The summed E-state index contributed by atoms with van der Waals surface area (Å²) >= 11 is 0. The van der Waals surface area contributed by atoms with E-state index < -0.39 is 23.0 Å². The van der Waals surface area contributed by atoms with Gasteiger partial charge in [-0.05, 0) is 25.7 Å². The Bertz CT molecular complexity index is 292. The molecule has 0 aromatic heterocycles. The van der Waals surface area contributed by atoms with Crippen LogP contribution in [-0.4, -0.2) is 33.2 Å². The molecule has 0 aliphatic heterocycles. The summed E-state index contributed by atoms with van der Waals surface area (Å²) in [5.74, 6) is -1.69. The van der Waals surface area contributed by atoms with Crippen molar-refractivity contribution < 1.29 is 36.9 Å². The SMILES string of the molecule is NC1(C(=O)O)CCCC1.NC1(C(=O)O)CCCC1.[Cu+2]. The van der Waals surface area contributed by atoms with Crippen molar-refractivity contribution in [1.29, 1.82) is 0 Å². The molecular weight excluding hydrogens is 300 g/mol. The van der Waals surface area contributed by atoms with Crippen molar-refractivity contribution in [2.45, 2.75) is 62.4 Å². The molecule has 2 aliphatic carbocycles. The van der Waals surface area contributed by atoms with Crippen molar-refractivity contribution in [3.05, 3.63) is 0 Å². The van der Waals surface area contributed by atoms with E-state index in [0.29, 0.717) is 25.7 Å². The molecule has 19 heavy (non-hydrogen) atoms. The molecule has 0 atom stereocenters. The topological polar surface area (TPSA) is 127 Å². The van der Waals surface area contributed by atoms with E-state index in [2.05, 4.69) is 0 Å². The van der Waals surface area contributed by atoms with Gasteiger partial charge in [-0.15, -0.1) is 0 Å². The van der Waals surface area contributed by atoms with E-state index in [0.717, 1.165) is 25.7 Å². The molecule has 0 amide bonds. The zero-order valence-corrected chi connectivity index (χ0v) is 11.8. The first-order valence-corrected chi connectivity index (χ1v) is 6.35. The summed E-state index contributed by atoms with van der Waals surface area (Å²) in [6.45, 7) is 0. The average Bonchev–Trinajstić information content (AvgIpc) is 2.90. The normalized spacial score (nSPS) is 22.8. The summed E-state index contributed by atoms with van der Waals surface area (Å²) in [5.41, 5.74) is 9.23. The molecule has 2 aliphatic rings.